The Morgan fingerprint density at radius 2 is 0.885 bits per heavy atom. The van der Waals surface area contributed by atoms with Crippen LogP contribution in [0.2, 0.25) is 0 Å². The molecule has 0 aromatic heterocycles. The number of benzene rings is 3. The smallest absolute Gasteiger partial charge is 0.128 e. The second kappa shape index (κ2) is 6.87. The van der Waals surface area contributed by atoms with Crippen molar-refractivity contribution >= 4 is 11.4 Å². The number of hydrogen-bond acceptors (Lipinski definition) is 2. The van der Waals surface area contributed by atoms with E-state index in [1.165, 1.54) is 33.6 Å². The van der Waals surface area contributed by atoms with Gasteiger partial charge >= 0.3 is 0 Å². The van der Waals surface area contributed by atoms with Crippen LogP contribution in [0.1, 0.15) is 28.4 Å². The van der Waals surface area contributed by atoms with Crippen molar-refractivity contribution in [3.63, 3.8) is 0 Å². The van der Waals surface area contributed by atoms with Gasteiger partial charge in [0.15, 0.2) is 0 Å². The first kappa shape index (κ1) is 16.7. The maximum atomic E-state index is 2.52. The van der Waals surface area contributed by atoms with Gasteiger partial charge in [-0.15, -0.1) is 0 Å². The Labute approximate surface area is 156 Å². The molecule has 0 atom stereocenters. The molecule has 0 N–H and O–H groups in total. The second-order valence-electron chi connectivity index (χ2n) is 7.34. The zero-order chi connectivity index (χ0) is 18.1. The normalized spacial score (nSPS) is 14.9. The predicted octanol–water partition coefficient (Wildman–Crippen LogP) is 5.64. The van der Waals surface area contributed by atoms with E-state index in [9.17, 15) is 0 Å². The molecule has 0 unspecified atom stereocenters. The molecule has 4 rings (SSSR count). The summed E-state index contributed by atoms with van der Waals surface area (Å²) >= 11 is 0. The van der Waals surface area contributed by atoms with E-state index in [0.717, 1.165) is 13.1 Å². The van der Waals surface area contributed by atoms with Crippen LogP contribution < -0.4 is 9.80 Å². The van der Waals surface area contributed by atoms with E-state index in [1.54, 1.807) is 0 Å². The molecule has 1 fully saturated rings. The zero-order valence-corrected chi connectivity index (χ0v) is 15.8. The van der Waals surface area contributed by atoms with E-state index < -0.39 is 0 Å². The van der Waals surface area contributed by atoms with Gasteiger partial charge in [-0.3, -0.25) is 0 Å². The average molecular weight is 342 g/mol. The highest BCUT2D eigenvalue weighted by molar-refractivity contribution is 5.59. The Hall–Kier alpha value is -2.74. The fraction of sp³-hybridized carbons (Fsp3) is 0.250. The molecule has 0 saturated carbocycles. The Balaban J connectivity index is 1.75. The fourth-order valence-electron chi connectivity index (χ4n) is 3.74. The SMILES string of the molecule is Cc1ccc(C2N(c3ccc(C)cc3)CCN2c2ccc(C)cc2)cc1. The van der Waals surface area contributed by atoms with Crippen molar-refractivity contribution in [2.24, 2.45) is 0 Å². The first-order chi connectivity index (χ1) is 12.6. The van der Waals surface area contributed by atoms with Crippen molar-refractivity contribution in [2.45, 2.75) is 26.9 Å². The number of rotatable bonds is 3. The molecule has 1 aliphatic rings. The molecule has 0 amide bonds. The van der Waals surface area contributed by atoms with Crippen LogP contribution in [0, 0.1) is 20.8 Å². The Morgan fingerprint density at radius 1 is 0.538 bits per heavy atom. The molecule has 0 bridgehead atoms. The van der Waals surface area contributed by atoms with Crippen LogP contribution >= 0.6 is 0 Å². The van der Waals surface area contributed by atoms with Crippen molar-refractivity contribution in [3.05, 3.63) is 95.1 Å². The van der Waals surface area contributed by atoms with Crippen LogP contribution in [0.5, 0.6) is 0 Å². The summed E-state index contributed by atoms with van der Waals surface area (Å²) in [6.45, 7) is 8.48. The minimum atomic E-state index is 0.223. The summed E-state index contributed by atoms with van der Waals surface area (Å²) in [5.74, 6) is 0. The van der Waals surface area contributed by atoms with Crippen LogP contribution in [-0.2, 0) is 0 Å². The molecule has 0 radical (unpaired) electrons. The largest absolute Gasteiger partial charge is 0.346 e. The quantitative estimate of drug-likeness (QED) is 0.608. The van der Waals surface area contributed by atoms with Gasteiger partial charge in [0.1, 0.15) is 6.17 Å². The van der Waals surface area contributed by atoms with Gasteiger partial charge in [-0.2, -0.15) is 0 Å². The van der Waals surface area contributed by atoms with E-state index in [4.69, 9.17) is 0 Å². The molecule has 2 nitrogen and oxygen atoms in total. The highest BCUT2D eigenvalue weighted by atomic mass is 15.4. The molecule has 132 valence electrons. The first-order valence-corrected chi connectivity index (χ1v) is 9.35. The lowest BCUT2D eigenvalue weighted by atomic mass is 10.1. The second-order valence-corrected chi connectivity index (χ2v) is 7.34. The van der Waals surface area contributed by atoms with E-state index in [1.807, 2.05) is 0 Å². The zero-order valence-electron chi connectivity index (χ0n) is 15.8. The summed E-state index contributed by atoms with van der Waals surface area (Å²) in [5.41, 5.74) is 7.82. The Kier molecular flexibility index (Phi) is 4.42. The van der Waals surface area contributed by atoms with Crippen LogP contribution in [0.25, 0.3) is 0 Å². The van der Waals surface area contributed by atoms with Crippen molar-refractivity contribution in [1.29, 1.82) is 0 Å². The lowest BCUT2D eigenvalue weighted by Crippen LogP contribution is -2.30. The van der Waals surface area contributed by atoms with E-state index in [-0.39, 0.29) is 6.17 Å². The minimum Gasteiger partial charge on any atom is -0.346 e. The number of hydrogen-bond donors (Lipinski definition) is 0. The van der Waals surface area contributed by atoms with Gasteiger partial charge < -0.3 is 9.80 Å². The van der Waals surface area contributed by atoms with Crippen LogP contribution in [0.4, 0.5) is 11.4 Å². The summed E-state index contributed by atoms with van der Waals surface area (Å²) in [6.07, 6.45) is 0.223. The van der Waals surface area contributed by atoms with Crippen molar-refractivity contribution in [3.8, 4) is 0 Å². The number of aryl methyl sites for hydroxylation is 3. The standard InChI is InChI=1S/C24H26N2/c1-18-4-10-21(11-5-18)24-25(22-12-6-19(2)7-13-22)16-17-26(24)23-14-8-20(3)9-15-23/h4-15,24H,16-17H2,1-3H3. The van der Waals surface area contributed by atoms with Crippen molar-refractivity contribution in [1.82, 2.24) is 0 Å². The highest BCUT2D eigenvalue weighted by Gasteiger charge is 2.33. The topological polar surface area (TPSA) is 6.48 Å². The molecular formula is C24H26N2. The van der Waals surface area contributed by atoms with Crippen LogP contribution in [0.3, 0.4) is 0 Å². The maximum absolute atomic E-state index is 2.52. The molecule has 1 saturated heterocycles. The molecule has 2 heteroatoms. The lowest BCUT2D eigenvalue weighted by Gasteiger charge is -2.33. The highest BCUT2D eigenvalue weighted by Crippen LogP contribution is 2.37. The maximum Gasteiger partial charge on any atom is 0.128 e. The van der Waals surface area contributed by atoms with Crippen molar-refractivity contribution in [2.75, 3.05) is 22.9 Å². The van der Waals surface area contributed by atoms with Gasteiger partial charge in [0, 0.05) is 24.5 Å². The molecule has 3 aromatic rings. The third kappa shape index (κ3) is 3.20. The fourth-order valence-corrected chi connectivity index (χ4v) is 3.74. The summed E-state index contributed by atoms with van der Waals surface area (Å²) in [4.78, 5) is 5.04. The lowest BCUT2D eigenvalue weighted by molar-refractivity contribution is 0.717. The Morgan fingerprint density at radius 3 is 1.27 bits per heavy atom. The predicted molar refractivity (Wildman–Crippen MR) is 111 cm³/mol. The minimum absolute atomic E-state index is 0.223. The van der Waals surface area contributed by atoms with E-state index in [0.29, 0.717) is 0 Å². The van der Waals surface area contributed by atoms with E-state index >= 15 is 0 Å². The number of anilines is 2. The third-order valence-electron chi connectivity index (χ3n) is 5.28. The molecule has 0 aliphatic carbocycles. The summed E-state index contributed by atoms with van der Waals surface area (Å²) in [6, 6.07) is 26.8. The van der Waals surface area contributed by atoms with Gasteiger partial charge in [-0.1, -0.05) is 65.2 Å². The average Bonchev–Trinajstić information content (AvgIpc) is 3.08. The van der Waals surface area contributed by atoms with Gasteiger partial charge in [0.2, 0.25) is 0 Å². The molecule has 1 heterocycles. The number of nitrogens with zero attached hydrogens (tertiary/aromatic N) is 2. The van der Waals surface area contributed by atoms with Crippen molar-refractivity contribution < 1.29 is 0 Å². The summed E-state index contributed by atoms with van der Waals surface area (Å²) < 4.78 is 0. The van der Waals surface area contributed by atoms with Gasteiger partial charge in [-0.25, -0.2) is 0 Å². The first-order valence-electron chi connectivity index (χ1n) is 9.35. The molecule has 0 spiro atoms. The molecule has 1 aliphatic heterocycles. The summed E-state index contributed by atoms with van der Waals surface area (Å²) in [7, 11) is 0. The molecular weight excluding hydrogens is 316 g/mol. The molecule has 3 aromatic carbocycles. The monoisotopic (exact) mass is 342 g/mol. The molecule has 26 heavy (non-hydrogen) atoms. The Bertz CT molecular complexity index is 810. The van der Waals surface area contributed by atoms with Gasteiger partial charge in [0.05, 0.1) is 0 Å². The van der Waals surface area contributed by atoms with Gasteiger partial charge in [-0.05, 0) is 50.6 Å². The third-order valence-corrected chi connectivity index (χ3v) is 5.28. The van der Waals surface area contributed by atoms with E-state index in [2.05, 4.69) is 103 Å². The van der Waals surface area contributed by atoms with Crippen LogP contribution in [-0.4, -0.2) is 13.1 Å². The van der Waals surface area contributed by atoms with Gasteiger partial charge in [0.25, 0.3) is 0 Å². The van der Waals surface area contributed by atoms with Crippen LogP contribution in [0.15, 0.2) is 72.8 Å². The summed E-state index contributed by atoms with van der Waals surface area (Å²) in [5, 5.41) is 0.